The fraction of sp³-hybridized carbons (Fsp3) is 0.375. The van der Waals surface area contributed by atoms with Crippen LogP contribution in [0.2, 0.25) is 0 Å². The molecule has 0 spiro atoms. The van der Waals surface area contributed by atoms with Crippen LogP contribution in [0.4, 0.5) is 0 Å². The third-order valence-electron chi connectivity index (χ3n) is 1.63. The van der Waals surface area contributed by atoms with Crippen molar-refractivity contribution in [1.82, 2.24) is 9.97 Å². The number of nitrogens with two attached hydrogens (primary N) is 1. The molecule has 70 valence electrons. The van der Waals surface area contributed by atoms with E-state index in [0.29, 0.717) is 12.1 Å². The Morgan fingerprint density at radius 1 is 1.62 bits per heavy atom. The van der Waals surface area contributed by atoms with Gasteiger partial charge in [0.1, 0.15) is 0 Å². The minimum atomic E-state index is -0.848. The quantitative estimate of drug-likeness (QED) is 0.699. The lowest BCUT2D eigenvalue weighted by molar-refractivity contribution is -0.137. The van der Waals surface area contributed by atoms with Crippen molar-refractivity contribution < 1.29 is 9.90 Å². The number of rotatable bonds is 4. The molecule has 3 N–H and O–H groups in total. The minimum Gasteiger partial charge on any atom is -0.481 e. The maximum atomic E-state index is 10.2. The zero-order valence-corrected chi connectivity index (χ0v) is 7.05. The van der Waals surface area contributed by atoms with Crippen LogP contribution in [-0.4, -0.2) is 21.0 Å². The molecule has 5 nitrogen and oxygen atoms in total. The number of hydrogen-bond donors (Lipinski definition) is 2. The fourth-order valence-corrected chi connectivity index (χ4v) is 0.929. The SMILES string of the molecule is NC(CCC(=O)O)c1cnccn1. The molecule has 0 aliphatic rings. The third kappa shape index (κ3) is 3.16. The highest BCUT2D eigenvalue weighted by Crippen LogP contribution is 2.10. The first-order valence-electron chi connectivity index (χ1n) is 3.93. The summed E-state index contributed by atoms with van der Waals surface area (Å²) in [5, 5.41) is 8.42. The molecule has 1 unspecified atom stereocenters. The van der Waals surface area contributed by atoms with E-state index < -0.39 is 5.97 Å². The van der Waals surface area contributed by atoms with Crippen molar-refractivity contribution in [3.8, 4) is 0 Å². The Hall–Kier alpha value is -1.49. The highest BCUT2D eigenvalue weighted by atomic mass is 16.4. The maximum Gasteiger partial charge on any atom is 0.303 e. The highest BCUT2D eigenvalue weighted by molar-refractivity contribution is 5.66. The van der Waals surface area contributed by atoms with E-state index in [1.165, 1.54) is 6.20 Å². The van der Waals surface area contributed by atoms with Crippen molar-refractivity contribution >= 4 is 5.97 Å². The van der Waals surface area contributed by atoms with Gasteiger partial charge in [-0.05, 0) is 6.42 Å². The molecular weight excluding hydrogens is 170 g/mol. The van der Waals surface area contributed by atoms with Gasteiger partial charge in [-0.15, -0.1) is 0 Å². The molecule has 0 saturated carbocycles. The topological polar surface area (TPSA) is 89.1 Å². The zero-order chi connectivity index (χ0) is 9.68. The van der Waals surface area contributed by atoms with Crippen LogP contribution < -0.4 is 5.73 Å². The second-order valence-corrected chi connectivity index (χ2v) is 2.67. The van der Waals surface area contributed by atoms with Gasteiger partial charge in [0, 0.05) is 31.1 Å². The van der Waals surface area contributed by atoms with Crippen LogP contribution in [0.5, 0.6) is 0 Å². The summed E-state index contributed by atoms with van der Waals surface area (Å²) in [6.45, 7) is 0. The molecule has 5 heteroatoms. The molecular formula is C8H11N3O2. The van der Waals surface area contributed by atoms with Gasteiger partial charge in [0.05, 0.1) is 5.69 Å². The lowest BCUT2D eigenvalue weighted by Crippen LogP contribution is -2.13. The summed E-state index contributed by atoms with van der Waals surface area (Å²) < 4.78 is 0. The normalized spacial score (nSPS) is 12.4. The predicted molar refractivity (Wildman–Crippen MR) is 45.8 cm³/mol. The van der Waals surface area contributed by atoms with Gasteiger partial charge in [0.15, 0.2) is 0 Å². The number of aliphatic carboxylic acids is 1. The summed E-state index contributed by atoms with van der Waals surface area (Å²) in [6.07, 6.45) is 5.07. The molecule has 1 aromatic rings. The van der Waals surface area contributed by atoms with E-state index in [2.05, 4.69) is 9.97 Å². The molecule has 0 saturated heterocycles. The average Bonchev–Trinajstić information content (AvgIpc) is 2.15. The van der Waals surface area contributed by atoms with Crippen LogP contribution in [0.3, 0.4) is 0 Å². The summed E-state index contributed by atoms with van der Waals surface area (Å²) in [7, 11) is 0. The molecule has 1 rings (SSSR count). The van der Waals surface area contributed by atoms with E-state index >= 15 is 0 Å². The van der Waals surface area contributed by atoms with E-state index in [0.717, 1.165) is 0 Å². The van der Waals surface area contributed by atoms with Crippen LogP contribution in [0.25, 0.3) is 0 Å². The van der Waals surface area contributed by atoms with Crippen molar-refractivity contribution in [3.63, 3.8) is 0 Å². The van der Waals surface area contributed by atoms with Gasteiger partial charge < -0.3 is 10.8 Å². The van der Waals surface area contributed by atoms with Crippen LogP contribution >= 0.6 is 0 Å². The van der Waals surface area contributed by atoms with Crippen LogP contribution in [0, 0.1) is 0 Å². The standard InChI is InChI=1S/C8H11N3O2/c9-6(1-2-8(12)13)7-5-10-3-4-11-7/h3-6H,1-2,9H2,(H,12,13). The Kier molecular flexibility index (Phi) is 3.33. The molecule has 0 radical (unpaired) electrons. The number of hydrogen-bond acceptors (Lipinski definition) is 4. The van der Waals surface area contributed by atoms with Crippen LogP contribution in [-0.2, 0) is 4.79 Å². The van der Waals surface area contributed by atoms with E-state index in [1.54, 1.807) is 12.4 Å². The second kappa shape index (κ2) is 4.51. The first kappa shape index (κ1) is 9.60. The minimum absolute atomic E-state index is 0.0533. The smallest absolute Gasteiger partial charge is 0.303 e. The van der Waals surface area contributed by atoms with Crippen molar-refractivity contribution in [1.29, 1.82) is 0 Å². The van der Waals surface area contributed by atoms with Crippen molar-refractivity contribution in [2.45, 2.75) is 18.9 Å². The van der Waals surface area contributed by atoms with Gasteiger partial charge in [-0.3, -0.25) is 14.8 Å². The first-order chi connectivity index (χ1) is 6.20. The van der Waals surface area contributed by atoms with Gasteiger partial charge >= 0.3 is 5.97 Å². The predicted octanol–water partition coefficient (Wildman–Crippen LogP) is 0.341. The largest absolute Gasteiger partial charge is 0.481 e. The van der Waals surface area contributed by atoms with Gasteiger partial charge in [-0.25, -0.2) is 0 Å². The lowest BCUT2D eigenvalue weighted by atomic mass is 10.1. The molecule has 1 heterocycles. The molecule has 0 aliphatic carbocycles. The number of carbonyl (C=O) groups is 1. The molecule has 0 aromatic carbocycles. The van der Waals surface area contributed by atoms with Gasteiger partial charge in [-0.1, -0.05) is 0 Å². The molecule has 0 aliphatic heterocycles. The van der Waals surface area contributed by atoms with E-state index in [4.69, 9.17) is 10.8 Å². The number of carboxylic acids is 1. The van der Waals surface area contributed by atoms with E-state index in [-0.39, 0.29) is 12.5 Å². The molecule has 0 amide bonds. The van der Waals surface area contributed by atoms with Crippen molar-refractivity contribution in [2.24, 2.45) is 5.73 Å². The molecule has 1 aromatic heterocycles. The van der Waals surface area contributed by atoms with Crippen LogP contribution in [0.1, 0.15) is 24.6 Å². The van der Waals surface area contributed by atoms with Crippen LogP contribution in [0.15, 0.2) is 18.6 Å². The van der Waals surface area contributed by atoms with Gasteiger partial charge in [-0.2, -0.15) is 0 Å². The third-order valence-corrected chi connectivity index (χ3v) is 1.63. The van der Waals surface area contributed by atoms with E-state index in [1.807, 2.05) is 0 Å². The molecule has 0 fully saturated rings. The summed E-state index contributed by atoms with van der Waals surface area (Å²) in [5.74, 6) is -0.848. The number of nitrogens with zero attached hydrogens (tertiary/aromatic N) is 2. The Balaban J connectivity index is 2.49. The fourth-order valence-electron chi connectivity index (χ4n) is 0.929. The molecule has 0 bridgehead atoms. The Bertz CT molecular complexity index is 276. The lowest BCUT2D eigenvalue weighted by Gasteiger charge is -2.07. The summed E-state index contributed by atoms with van der Waals surface area (Å²) in [6, 6.07) is -0.343. The Morgan fingerprint density at radius 3 is 2.92 bits per heavy atom. The first-order valence-corrected chi connectivity index (χ1v) is 3.93. The zero-order valence-electron chi connectivity index (χ0n) is 7.05. The molecule has 13 heavy (non-hydrogen) atoms. The Labute approximate surface area is 75.6 Å². The summed E-state index contributed by atoms with van der Waals surface area (Å²) in [5.41, 5.74) is 6.31. The van der Waals surface area contributed by atoms with Crippen molar-refractivity contribution in [2.75, 3.05) is 0 Å². The summed E-state index contributed by atoms with van der Waals surface area (Å²) in [4.78, 5) is 18.1. The highest BCUT2D eigenvalue weighted by Gasteiger charge is 2.08. The van der Waals surface area contributed by atoms with Crippen molar-refractivity contribution in [3.05, 3.63) is 24.3 Å². The summed E-state index contributed by atoms with van der Waals surface area (Å²) >= 11 is 0. The number of aromatic nitrogens is 2. The average molecular weight is 181 g/mol. The van der Waals surface area contributed by atoms with Gasteiger partial charge in [0.25, 0.3) is 0 Å². The van der Waals surface area contributed by atoms with E-state index in [9.17, 15) is 4.79 Å². The van der Waals surface area contributed by atoms with Gasteiger partial charge in [0.2, 0.25) is 0 Å². The Morgan fingerprint density at radius 2 is 2.38 bits per heavy atom. The molecule has 1 atom stereocenters. The number of carboxylic acid groups (broad SMARTS) is 1. The monoisotopic (exact) mass is 181 g/mol. The maximum absolute atomic E-state index is 10.2. The second-order valence-electron chi connectivity index (χ2n) is 2.67.